The maximum absolute atomic E-state index is 13.1. The molecule has 9 heteroatoms. The molecule has 2 aromatic rings. The lowest BCUT2D eigenvalue weighted by Gasteiger charge is -2.20. The summed E-state index contributed by atoms with van der Waals surface area (Å²) in [6.45, 7) is 0. The van der Waals surface area contributed by atoms with E-state index in [4.69, 9.17) is 4.74 Å². The van der Waals surface area contributed by atoms with E-state index >= 15 is 0 Å². The number of methoxy groups -OCH3 is 1. The van der Waals surface area contributed by atoms with Gasteiger partial charge in [-0.2, -0.15) is 13.2 Å². The van der Waals surface area contributed by atoms with Crippen molar-refractivity contribution in [2.75, 3.05) is 19.1 Å². The molecule has 0 atom stereocenters. The Morgan fingerprint density at radius 2 is 1.85 bits per heavy atom. The summed E-state index contributed by atoms with van der Waals surface area (Å²) in [7, 11) is 2.45. The summed E-state index contributed by atoms with van der Waals surface area (Å²) in [5.41, 5.74) is -0.914. The van der Waals surface area contributed by atoms with E-state index < -0.39 is 30.2 Å². The number of carbonyl (C=O) groups is 2. The van der Waals surface area contributed by atoms with Crippen LogP contribution >= 0.6 is 0 Å². The highest BCUT2D eigenvalue weighted by molar-refractivity contribution is 5.95. The number of anilines is 1. The minimum absolute atomic E-state index is 0.118. The number of rotatable bonds is 4. The molecule has 0 unspecified atom stereocenters. The first-order valence-electron chi connectivity index (χ1n) is 7.36. The molecule has 0 N–H and O–H groups in total. The largest absolute Gasteiger partial charge is 0.514 e. The summed E-state index contributed by atoms with van der Waals surface area (Å²) >= 11 is 0. The second-order valence-corrected chi connectivity index (χ2v) is 5.17. The van der Waals surface area contributed by atoms with Crippen LogP contribution in [-0.2, 0) is 22.1 Å². The van der Waals surface area contributed by atoms with Crippen molar-refractivity contribution in [3.8, 4) is 5.88 Å². The molecule has 1 amide bonds. The summed E-state index contributed by atoms with van der Waals surface area (Å²) in [6.07, 6.45) is -4.76. The maximum atomic E-state index is 13.1. The summed E-state index contributed by atoms with van der Waals surface area (Å²) in [5, 5.41) is 0. The number of ether oxygens (including phenoxy) is 2. The molecule has 0 aliphatic rings. The number of likely N-dealkylation sites (N-methyl/N-ethyl adjacent to an activating group) is 1. The Kier molecular flexibility index (Phi) is 5.81. The Hall–Kier alpha value is -3.10. The van der Waals surface area contributed by atoms with Gasteiger partial charge in [-0.25, -0.2) is 9.78 Å². The van der Waals surface area contributed by atoms with E-state index in [1.54, 1.807) is 0 Å². The molecule has 26 heavy (non-hydrogen) atoms. The molecule has 1 heterocycles. The van der Waals surface area contributed by atoms with Gasteiger partial charge < -0.3 is 14.4 Å². The van der Waals surface area contributed by atoms with E-state index in [1.165, 1.54) is 43.6 Å². The Bertz CT molecular complexity index is 809. The summed E-state index contributed by atoms with van der Waals surface area (Å²) in [6, 6.07) is 7.77. The van der Waals surface area contributed by atoms with Crippen LogP contribution in [-0.4, -0.2) is 31.2 Å². The van der Waals surface area contributed by atoms with Crippen LogP contribution in [0.15, 0.2) is 42.6 Å². The van der Waals surface area contributed by atoms with Gasteiger partial charge in [0, 0.05) is 13.2 Å². The Balaban J connectivity index is 2.26. The van der Waals surface area contributed by atoms with Crippen molar-refractivity contribution in [1.29, 1.82) is 0 Å². The number of hydrogen-bond donors (Lipinski definition) is 0. The molecule has 6 nitrogen and oxygen atoms in total. The lowest BCUT2D eigenvalue weighted by Crippen LogP contribution is -2.29. The summed E-state index contributed by atoms with van der Waals surface area (Å²) < 4.78 is 48.4. The number of halogens is 3. The fourth-order valence-electron chi connectivity index (χ4n) is 2.20. The topological polar surface area (TPSA) is 68.7 Å². The maximum Gasteiger partial charge on any atom is 0.514 e. The van der Waals surface area contributed by atoms with Crippen molar-refractivity contribution < 1.29 is 32.2 Å². The molecule has 0 spiro atoms. The highest BCUT2D eigenvalue weighted by Crippen LogP contribution is 2.32. The molecular formula is C17H15F3N2O4. The van der Waals surface area contributed by atoms with Crippen LogP contribution in [0.1, 0.15) is 11.1 Å². The number of hydrogen-bond acceptors (Lipinski definition) is 5. The minimum Gasteiger partial charge on any atom is -0.437 e. The van der Waals surface area contributed by atoms with E-state index in [0.29, 0.717) is 0 Å². The highest BCUT2D eigenvalue weighted by Gasteiger charge is 2.33. The number of aromatic nitrogens is 1. The number of benzene rings is 1. The third kappa shape index (κ3) is 4.50. The van der Waals surface area contributed by atoms with Crippen LogP contribution in [0.2, 0.25) is 0 Å². The first-order chi connectivity index (χ1) is 12.2. The van der Waals surface area contributed by atoms with Crippen LogP contribution in [0.4, 0.5) is 23.7 Å². The zero-order chi connectivity index (χ0) is 19.3. The second-order valence-electron chi connectivity index (χ2n) is 5.17. The molecule has 0 bridgehead atoms. The molecule has 0 saturated heterocycles. The van der Waals surface area contributed by atoms with Gasteiger partial charge in [0.1, 0.15) is 5.69 Å². The molecule has 1 aromatic carbocycles. The zero-order valence-corrected chi connectivity index (χ0v) is 13.9. The average Bonchev–Trinajstić information content (AvgIpc) is 2.61. The van der Waals surface area contributed by atoms with Crippen molar-refractivity contribution in [2.24, 2.45) is 0 Å². The molecule has 1 aromatic heterocycles. The fraction of sp³-hybridized carbons (Fsp3) is 0.235. The van der Waals surface area contributed by atoms with Gasteiger partial charge in [-0.05, 0) is 23.8 Å². The lowest BCUT2D eigenvalue weighted by molar-refractivity contribution is -0.138. The molecule has 2 rings (SSSR count). The number of amides is 1. The van der Waals surface area contributed by atoms with Crippen molar-refractivity contribution in [3.63, 3.8) is 0 Å². The second kappa shape index (κ2) is 7.85. The van der Waals surface area contributed by atoms with Crippen molar-refractivity contribution in [2.45, 2.75) is 12.6 Å². The van der Waals surface area contributed by atoms with E-state index in [1.807, 2.05) is 0 Å². The van der Waals surface area contributed by atoms with E-state index in [0.717, 1.165) is 18.1 Å². The number of pyridine rings is 1. The normalized spacial score (nSPS) is 11.0. The van der Waals surface area contributed by atoms with Crippen LogP contribution < -0.4 is 9.64 Å². The first kappa shape index (κ1) is 19.2. The van der Waals surface area contributed by atoms with Gasteiger partial charge in [-0.15, -0.1) is 0 Å². The third-order valence-corrected chi connectivity index (χ3v) is 3.50. The predicted molar refractivity (Wildman–Crippen MR) is 85.8 cm³/mol. The number of alkyl halides is 3. The van der Waals surface area contributed by atoms with Crippen LogP contribution in [0, 0.1) is 0 Å². The van der Waals surface area contributed by atoms with E-state index in [2.05, 4.69) is 9.72 Å². The Morgan fingerprint density at radius 1 is 1.15 bits per heavy atom. The summed E-state index contributed by atoms with van der Waals surface area (Å²) in [5.74, 6) is -0.830. The smallest absolute Gasteiger partial charge is 0.437 e. The highest BCUT2D eigenvalue weighted by atomic mass is 19.4. The molecule has 0 saturated carbocycles. The van der Waals surface area contributed by atoms with Gasteiger partial charge in [0.05, 0.1) is 19.1 Å². The SMILES string of the molecule is COC(=O)Oc1ncccc1N(C)C(=O)Cc1ccccc1C(F)(F)F. The molecular weight excluding hydrogens is 353 g/mol. The van der Waals surface area contributed by atoms with Crippen LogP contribution in [0.25, 0.3) is 0 Å². The standard InChI is InChI=1S/C17H15F3N2O4/c1-22(13-8-5-9-21-15(13)26-16(24)25-2)14(23)10-11-6-3-4-7-12(11)17(18,19)20/h3-9H,10H2,1-2H3. The fourth-order valence-corrected chi connectivity index (χ4v) is 2.20. The molecule has 138 valence electrons. The quantitative estimate of drug-likeness (QED) is 0.773. The number of carbonyl (C=O) groups excluding carboxylic acids is 2. The molecule has 0 aliphatic carbocycles. The zero-order valence-electron chi connectivity index (χ0n) is 13.9. The predicted octanol–water partition coefficient (Wildman–Crippen LogP) is 3.45. The Labute approximate surface area is 147 Å². The first-order valence-corrected chi connectivity index (χ1v) is 7.36. The monoisotopic (exact) mass is 368 g/mol. The van der Waals surface area contributed by atoms with Crippen LogP contribution in [0.3, 0.4) is 0 Å². The van der Waals surface area contributed by atoms with Crippen molar-refractivity contribution in [3.05, 3.63) is 53.7 Å². The third-order valence-electron chi connectivity index (χ3n) is 3.50. The van der Waals surface area contributed by atoms with Crippen LogP contribution in [0.5, 0.6) is 5.88 Å². The van der Waals surface area contributed by atoms with Crippen molar-refractivity contribution in [1.82, 2.24) is 4.98 Å². The van der Waals surface area contributed by atoms with Crippen molar-refractivity contribution >= 4 is 17.7 Å². The summed E-state index contributed by atoms with van der Waals surface area (Å²) in [4.78, 5) is 28.6. The van der Waals surface area contributed by atoms with Gasteiger partial charge in [0.25, 0.3) is 0 Å². The molecule has 0 radical (unpaired) electrons. The van der Waals surface area contributed by atoms with E-state index in [-0.39, 0.29) is 17.1 Å². The lowest BCUT2D eigenvalue weighted by atomic mass is 10.0. The average molecular weight is 368 g/mol. The van der Waals surface area contributed by atoms with E-state index in [9.17, 15) is 22.8 Å². The van der Waals surface area contributed by atoms with Gasteiger partial charge in [-0.1, -0.05) is 18.2 Å². The minimum atomic E-state index is -4.57. The van der Waals surface area contributed by atoms with Gasteiger partial charge in [0.15, 0.2) is 0 Å². The van der Waals surface area contributed by atoms with Gasteiger partial charge in [0.2, 0.25) is 11.8 Å². The number of nitrogens with zero attached hydrogens (tertiary/aromatic N) is 2. The molecule has 0 aliphatic heterocycles. The molecule has 0 fully saturated rings. The van der Waals surface area contributed by atoms with Gasteiger partial charge >= 0.3 is 12.3 Å². The Morgan fingerprint density at radius 3 is 2.50 bits per heavy atom. The van der Waals surface area contributed by atoms with Gasteiger partial charge in [-0.3, -0.25) is 4.79 Å².